The Kier molecular flexibility index (Phi) is 7.16. The molecule has 13 nitrogen and oxygen atoms in total. The second-order valence-electron chi connectivity index (χ2n) is 9.08. The van der Waals surface area contributed by atoms with Crippen molar-refractivity contribution >= 4 is 32.7 Å². The molecule has 4 N–H and O–H groups in total. The van der Waals surface area contributed by atoms with Crippen molar-refractivity contribution in [2.24, 2.45) is 12.8 Å². The zero-order valence-corrected chi connectivity index (χ0v) is 21.4. The molecule has 0 saturated heterocycles. The largest absolute Gasteiger partial charge is 0.473 e. The van der Waals surface area contributed by atoms with E-state index in [0.29, 0.717) is 23.8 Å². The molecule has 1 fully saturated rings. The lowest BCUT2D eigenvalue weighted by molar-refractivity contribution is -0.119. The summed E-state index contributed by atoms with van der Waals surface area (Å²) < 4.78 is 33.5. The van der Waals surface area contributed by atoms with Crippen molar-refractivity contribution in [3.8, 4) is 11.9 Å². The van der Waals surface area contributed by atoms with Crippen LogP contribution in [0.25, 0.3) is 10.9 Å². The van der Waals surface area contributed by atoms with Crippen LogP contribution in [0.3, 0.4) is 0 Å². The van der Waals surface area contributed by atoms with Crippen LogP contribution in [0.2, 0.25) is 0 Å². The van der Waals surface area contributed by atoms with E-state index in [1.54, 1.807) is 24.3 Å². The Bertz CT molecular complexity index is 1620. The number of primary amides is 1. The van der Waals surface area contributed by atoms with E-state index in [1.807, 2.05) is 6.07 Å². The van der Waals surface area contributed by atoms with Crippen molar-refractivity contribution in [3.05, 3.63) is 63.6 Å². The van der Waals surface area contributed by atoms with Crippen molar-refractivity contribution < 1.29 is 22.7 Å². The minimum atomic E-state index is -3.95. The summed E-state index contributed by atoms with van der Waals surface area (Å²) in [5.41, 5.74) is 5.91. The summed E-state index contributed by atoms with van der Waals surface area (Å²) in [6.07, 6.45) is 1.96. The summed E-state index contributed by atoms with van der Waals surface area (Å²) >= 11 is 0. The molecule has 2 heterocycles. The maximum Gasteiger partial charge on any atom is 0.263 e. The first-order valence-corrected chi connectivity index (χ1v) is 13.0. The first-order valence-electron chi connectivity index (χ1n) is 11.5. The lowest BCUT2D eigenvalue weighted by atomic mass is 10.1. The van der Waals surface area contributed by atoms with E-state index in [-0.39, 0.29) is 30.1 Å². The number of sulfonamides is 1. The maximum atomic E-state index is 13.0. The van der Waals surface area contributed by atoms with Crippen LogP contribution in [-0.2, 0) is 28.4 Å². The molecule has 198 valence electrons. The van der Waals surface area contributed by atoms with Crippen molar-refractivity contribution in [2.75, 3.05) is 6.61 Å². The molecule has 1 aromatic carbocycles. The number of hydrogen-bond donors (Lipinski definition) is 3. The van der Waals surface area contributed by atoms with E-state index in [0.717, 1.165) is 5.56 Å². The predicted octanol–water partition coefficient (Wildman–Crippen LogP) is -0.165. The molecule has 1 saturated carbocycles. The molecule has 0 radical (unpaired) electrons. The molecule has 1 unspecified atom stereocenters. The van der Waals surface area contributed by atoms with Gasteiger partial charge < -0.3 is 20.4 Å². The Morgan fingerprint density at radius 1 is 1.29 bits per heavy atom. The van der Waals surface area contributed by atoms with Crippen LogP contribution >= 0.6 is 0 Å². The molecule has 2 amide bonds. The van der Waals surface area contributed by atoms with Gasteiger partial charge in [0.1, 0.15) is 22.4 Å². The van der Waals surface area contributed by atoms with Gasteiger partial charge in [0.25, 0.3) is 17.3 Å². The highest BCUT2D eigenvalue weighted by Crippen LogP contribution is 2.43. The van der Waals surface area contributed by atoms with Gasteiger partial charge in [0.2, 0.25) is 15.9 Å². The van der Waals surface area contributed by atoms with Crippen LogP contribution in [0.15, 0.2) is 41.3 Å². The smallest absolute Gasteiger partial charge is 0.263 e. The number of aromatic nitrogens is 3. The number of carbonyl (C=O) groups excluding carboxylic acids is 2. The van der Waals surface area contributed by atoms with E-state index in [4.69, 9.17) is 15.7 Å². The van der Waals surface area contributed by atoms with Gasteiger partial charge in [0.05, 0.1) is 23.9 Å². The van der Waals surface area contributed by atoms with Crippen LogP contribution in [0, 0.1) is 11.3 Å². The summed E-state index contributed by atoms with van der Waals surface area (Å²) in [5, 5.41) is 19.8. The fourth-order valence-electron chi connectivity index (χ4n) is 3.80. The third-order valence-corrected chi connectivity index (χ3v) is 8.71. The van der Waals surface area contributed by atoms with Gasteiger partial charge in [-0.25, -0.2) is 13.1 Å². The number of hydrogen-bond acceptors (Lipinski definition) is 9. The van der Waals surface area contributed by atoms with Crippen molar-refractivity contribution in [1.82, 2.24) is 24.8 Å². The molecule has 2 aromatic heterocycles. The second-order valence-corrected chi connectivity index (χ2v) is 11.2. The number of nitriles is 1. The number of nitrogens with zero attached hydrogens (tertiary/aromatic N) is 4. The van der Waals surface area contributed by atoms with E-state index in [9.17, 15) is 22.8 Å². The highest BCUT2D eigenvalue weighted by Gasteiger charge is 2.56. The van der Waals surface area contributed by atoms with Gasteiger partial charge in [-0.3, -0.25) is 14.4 Å². The first-order chi connectivity index (χ1) is 18.0. The topological polar surface area (TPSA) is 199 Å². The molecule has 1 aliphatic rings. The first kappa shape index (κ1) is 26.7. The minimum Gasteiger partial charge on any atom is -0.473 e. The summed E-state index contributed by atoms with van der Waals surface area (Å²) in [4.78, 5) is 37.2. The molecule has 3 aromatic rings. The fourth-order valence-corrected chi connectivity index (χ4v) is 5.48. The van der Waals surface area contributed by atoms with Gasteiger partial charge in [-0.05, 0) is 43.5 Å². The van der Waals surface area contributed by atoms with E-state index in [2.05, 4.69) is 20.2 Å². The number of amides is 2. The quantitative estimate of drug-likeness (QED) is 0.313. The number of benzene rings is 1. The van der Waals surface area contributed by atoms with Crippen LogP contribution in [0.5, 0.6) is 5.88 Å². The zero-order chi connectivity index (χ0) is 27.7. The van der Waals surface area contributed by atoms with Crippen LogP contribution in [0.4, 0.5) is 0 Å². The molecule has 1 atom stereocenters. The highest BCUT2D eigenvalue weighted by molar-refractivity contribution is 7.91. The molecule has 0 spiro atoms. The highest BCUT2D eigenvalue weighted by atomic mass is 32.2. The molecule has 38 heavy (non-hydrogen) atoms. The van der Waals surface area contributed by atoms with Gasteiger partial charge in [-0.15, -0.1) is 5.10 Å². The second kappa shape index (κ2) is 10.2. The molecule has 1 aliphatic carbocycles. The van der Waals surface area contributed by atoms with Gasteiger partial charge in [-0.1, -0.05) is 12.1 Å². The van der Waals surface area contributed by atoms with Gasteiger partial charge in [0, 0.05) is 19.0 Å². The number of nitrogens with two attached hydrogens (primary N) is 1. The predicted molar refractivity (Wildman–Crippen MR) is 135 cm³/mol. The Morgan fingerprint density at radius 2 is 1.97 bits per heavy atom. The van der Waals surface area contributed by atoms with Gasteiger partial charge >= 0.3 is 0 Å². The van der Waals surface area contributed by atoms with Crippen molar-refractivity contribution in [1.29, 1.82) is 5.26 Å². The summed E-state index contributed by atoms with van der Waals surface area (Å²) in [6, 6.07) is 8.96. The third-order valence-electron chi connectivity index (χ3n) is 6.38. The molecule has 0 bridgehead atoms. The van der Waals surface area contributed by atoms with Crippen molar-refractivity contribution in [2.45, 2.75) is 37.1 Å². The fraction of sp³-hybridized carbons (Fsp3) is 0.333. The summed E-state index contributed by atoms with van der Waals surface area (Å²) in [7, 11) is -2.51. The Morgan fingerprint density at radius 3 is 2.58 bits per heavy atom. The van der Waals surface area contributed by atoms with E-state index < -0.39 is 38.2 Å². The van der Waals surface area contributed by atoms with Gasteiger partial charge in [0.15, 0.2) is 0 Å². The van der Waals surface area contributed by atoms with Crippen LogP contribution < -0.4 is 26.1 Å². The lowest BCUT2D eigenvalue weighted by Crippen LogP contribution is -2.48. The molecule has 4 rings (SSSR count). The SMILES string of the molecule is CC(NS(=O)(=O)C1(COc2nncc3cc(C(=O)NCc4ccc(C#N)cc4)c(=O)n(C)c23)CC1)C(N)=O. The average Bonchev–Trinajstić information content (AvgIpc) is 3.70. The third kappa shape index (κ3) is 5.20. The number of carbonyl (C=O) groups is 2. The van der Waals surface area contributed by atoms with Crippen LogP contribution in [-0.4, -0.2) is 52.4 Å². The number of rotatable bonds is 10. The monoisotopic (exact) mass is 539 g/mol. The number of pyridine rings is 1. The Labute approximate surface area is 217 Å². The Balaban J connectivity index is 1.54. The normalized spacial score (nSPS) is 14.9. The maximum absolute atomic E-state index is 13.0. The van der Waals surface area contributed by atoms with Gasteiger partial charge in [-0.2, -0.15) is 10.4 Å². The number of aryl methyl sites for hydroxylation is 1. The molecule has 14 heteroatoms. The molecular weight excluding hydrogens is 514 g/mol. The standard InChI is InChI=1S/C24H25N7O6S/c1-14(20(26)32)30-38(35,36)24(7-8-24)13-37-22-19-17(12-28-29-22)9-18(23(34)31(19)2)21(33)27-11-16-5-3-15(10-25)4-6-16/h3-6,9,12,14,30H,7-8,11,13H2,1-2H3,(H2,26,32)(H,27,33). The number of nitrogens with one attached hydrogen (secondary N) is 2. The number of fused-ring (bicyclic) bond motifs is 1. The van der Waals surface area contributed by atoms with E-state index >= 15 is 0 Å². The molecule has 0 aliphatic heterocycles. The Hall–Kier alpha value is -4.35. The van der Waals surface area contributed by atoms with Crippen LogP contribution in [0.1, 0.15) is 41.3 Å². The average molecular weight is 540 g/mol. The summed E-state index contributed by atoms with van der Waals surface area (Å²) in [5.74, 6) is -1.48. The zero-order valence-electron chi connectivity index (χ0n) is 20.6. The number of ether oxygens (including phenoxy) is 1. The van der Waals surface area contributed by atoms with Crippen molar-refractivity contribution in [3.63, 3.8) is 0 Å². The minimum absolute atomic E-state index is 0.0731. The summed E-state index contributed by atoms with van der Waals surface area (Å²) in [6.45, 7) is 1.21. The molecular formula is C24H25N7O6S. The lowest BCUT2D eigenvalue weighted by Gasteiger charge is -2.20. The van der Waals surface area contributed by atoms with E-state index in [1.165, 1.54) is 30.8 Å².